The molecule has 2 aromatic rings. The summed E-state index contributed by atoms with van der Waals surface area (Å²) < 4.78 is 13.8. The summed E-state index contributed by atoms with van der Waals surface area (Å²) in [7, 11) is 1.73. The summed E-state index contributed by atoms with van der Waals surface area (Å²) in [5.41, 5.74) is 8.71. The highest BCUT2D eigenvalue weighted by atomic mass is 16.5. The summed E-state index contributed by atoms with van der Waals surface area (Å²) in [6, 6.07) is 5.85. The highest BCUT2D eigenvalue weighted by Crippen LogP contribution is 2.46. The molecule has 1 atom stereocenters. The number of aromatic nitrogens is 1. The number of likely N-dealkylation sites (tertiary alicyclic amines) is 1. The van der Waals surface area contributed by atoms with Crippen molar-refractivity contribution in [2.45, 2.75) is 83.3 Å². The molecule has 3 heterocycles. The van der Waals surface area contributed by atoms with Crippen molar-refractivity contribution in [2.24, 2.45) is 0 Å². The van der Waals surface area contributed by atoms with Crippen molar-refractivity contribution in [3.63, 3.8) is 0 Å². The summed E-state index contributed by atoms with van der Waals surface area (Å²) >= 11 is 0. The van der Waals surface area contributed by atoms with Crippen molar-refractivity contribution in [1.82, 2.24) is 14.4 Å². The second-order valence-corrected chi connectivity index (χ2v) is 12.6. The molecule has 0 radical (unpaired) electrons. The molecule has 1 aromatic heterocycles. The number of methoxy groups -OCH3 is 1. The summed E-state index contributed by atoms with van der Waals surface area (Å²) in [4.78, 5) is 17.2. The number of piperidine rings is 1. The maximum atomic E-state index is 12.0. The number of fused-ring (bicyclic) bond motifs is 4. The molecule has 2 aliphatic carbocycles. The third-order valence-corrected chi connectivity index (χ3v) is 9.84. The number of benzene rings is 1. The van der Waals surface area contributed by atoms with E-state index in [-0.39, 0.29) is 0 Å². The topological polar surface area (TPSA) is 67.2 Å². The first-order chi connectivity index (χ1) is 20.0. The molecule has 1 aromatic carbocycles. The number of rotatable bonds is 9. The first-order valence-corrected chi connectivity index (χ1v) is 15.9. The van der Waals surface area contributed by atoms with Gasteiger partial charge in [-0.2, -0.15) is 0 Å². The van der Waals surface area contributed by atoms with Crippen LogP contribution in [0.4, 0.5) is 0 Å². The van der Waals surface area contributed by atoms with Gasteiger partial charge in [0.05, 0.1) is 30.6 Å². The van der Waals surface area contributed by atoms with Gasteiger partial charge in [-0.1, -0.05) is 30.9 Å². The third kappa shape index (κ3) is 5.99. The Morgan fingerprint density at radius 3 is 2.66 bits per heavy atom. The number of carboxylic acids is 1. The van der Waals surface area contributed by atoms with Gasteiger partial charge in [0, 0.05) is 56.4 Å². The summed E-state index contributed by atoms with van der Waals surface area (Å²) in [5.74, 6) is -0.298. The molecule has 41 heavy (non-hydrogen) atoms. The van der Waals surface area contributed by atoms with Crippen LogP contribution in [-0.4, -0.2) is 84.6 Å². The number of carbonyl (C=O) groups is 1. The average molecular weight is 562 g/mol. The van der Waals surface area contributed by atoms with Gasteiger partial charge in [-0.05, 0) is 87.3 Å². The van der Waals surface area contributed by atoms with E-state index in [0.717, 1.165) is 64.0 Å². The minimum Gasteiger partial charge on any atom is -0.478 e. The van der Waals surface area contributed by atoms with Crippen LogP contribution in [-0.2, 0) is 16.0 Å². The van der Waals surface area contributed by atoms with E-state index < -0.39 is 5.97 Å². The predicted octanol–water partition coefficient (Wildman–Crippen LogP) is 6.28. The third-order valence-electron chi connectivity index (χ3n) is 9.84. The number of carboxylic acid groups (broad SMARTS) is 1. The van der Waals surface area contributed by atoms with Crippen LogP contribution in [0.5, 0.6) is 0 Å². The van der Waals surface area contributed by atoms with Gasteiger partial charge in [0.25, 0.3) is 0 Å². The number of hydrogen-bond acceptors (Lipinski definition) is 5. The van der Waals surface area contributed by atoms with Crippen molar-refractivity contribution in [2.75, 3.05) is 53.0 Å². The van der Waals surface area contributed by atoms with Crippen LogP contribution in [0.3, 0.4) is 0 Å². The molecule has 0 amide bonds. The van der Waals surface area contributed by atoms with E-state index in [0.29, 0.717) is 30.8 Å². The maximum Gasteiger partial charge on any atom is 0.335 e. The van der Waals surface area contributed by atoms with E-state index in [2.05, 4.69) is 33.4 Å². The van der Waals surface area contributed by atoms with Crippen molar-refractivity contribution in [3.8, 4) is 0 Å². The Morgan fingerprint density at radius 1 is 1.00 bits per heavy atom. The second kappa shape index (κ2) is 12.7. The van der Waals surface area contributed by atoms with Crippen LogP contribution in [0.2, 0.25) is 0 Å². The molecule has 0 spiro atoms. The van der Waals surface area contributed by atoms with E-state index in [4.69, 9.17) is 9.47 Å². The number of allylic oxidation sites excluding steroid dienone is 3. The molecule has 2 aliphatic heterocycles. The zero-order chi connectivity index (χ0) is 28.3. The molecular weight excluding hydrogens is 514 g/mol. The van der Waals surface area contributed by atoms with Gasteiger partial charge in [0.2, 0.25) is 0 Å². The first kappa shape index (κ1) is 28.5. The molecule has 7 nitrogen and oxygen atoms in total. The predicted molar refractivity (Wildman–Crippen MR) is 163 cm³/mol. The van der Waals surface area contributed by atoms with Gasteiger partial charge in [-0.25, -0.2) is 4.79 Å². The fraction of sp³-hybridized carbons (Fsp3) is 0.618. The van der Waals surface area contributed by atoms with E-state index in [1.54, 1.807) is 7.11 Å². The molecule has 1 N–H and O–H groups in total. The molecule has 6 rings (SSSR count). The zero-order valence-corrected chi connectivity index (χ0v) is 25.0. The average Bonchev–Trinajstić information content (AvgIpc) is 3.22. The fourth-order valence-corrected chi connectivity index (χ4v) is 7.72. The van der Waals surface area contributed by atoms with Crippen LogP contribution in [0.1, 0.15) is 92.2 Å². The normalized spacial score (nSPS) is 22.4. The Hall–Kier alpha value is -2.61. The number of nitrogens with zero attached hydrogens (tertiary/aromatic N) is 3. The lowest BCUT2D eigenvalue weighted by Crippen LogP contribution is -2.44. The number of aromatic carboxylic acids is 1. The minimum atomic E-state index is -0.848. The van der Waals surface area contributed by atoms with Crippen molar-refractivity contribution >= 4 is 22.4 Å². The van der Waals surface area contributed by atoms with Crippen LogP contribution in [0, 0.1) is 0 Å². The summed E-state index contributed by atoms with van der Waals surface area (Å²) in [6.07, 6.45) is 13.6. The largest absolute Gasteiger partial charge is 0.478 e. The van der Waals surface area contributed by atoms with E-state index in [1.165, 1.54) is 72.0 Å². The van der Waals surface area contributed by atoms with Gasteiger partial charge in [-0.3, -0.25) is 4.90 Å². The summed E-state index contributed by atoms with van der Waals surface area (Å²) in [5, 5.41) is 11.1. The highest BCUT2D eigenvalue weighted by molar-refractivity contribution is 5.97. The number of hydrogen-bond donors (Lipinski definition) is 1. The van der Waals surface area contributed by atoms with E-state index in [1.807, 2.05) is 12.1 Å². The van der Waals surface area contributed by atoms with Crippen molar-refractivity contribution in [1.29, 1.82) is 0 Å². The zero-order valence-electron chi connectivity index (χ0n) is 25.0. The Balaban J connectivity index is 1.34. The molecule has 222 valence electrons. The SMILES string of the molecule is COCCO[C@@H]1CCCN(CCN2CCn3c(c(C4CCCCC4)c4ccc(C(=O)O)cc43)C3=C2C=C(C)CC3)C1. The molecule has 0 unspecified atom stereocenters. The van der Waals surface area contributed by atoms with E-state index in [9.17, 15) is 9.90 Å². The van der Waals surface area contributed by atoms with Crippen LogP contribution in [0.25, 0.3) is 16.5 Å². The van der Waals surface area contributed by atoms with E-state index >= 15 is 0 Å². The number of ether oxygens (including phenoxy) is 2. The molecule has 1 saturated carbocycles. The molecule has 1 saturated heterocycles. The molecule has 4 aliphatic rings. The Labute approximate surface area is 244 Å². The standard InChI is InChI=1S/C34H47N3O4/c1-24-10-12-29-30(21-24)36(16-15-35-14-6-9-27(23-35)41-20-19-40-2)17-18-37-31-22-26(34(38)39)11-13-28(31)32(33(29)37)25-7-4-3-5-8-25/h11,13,21-22,25,27H,3-10,12,14-20,23H2,1-2H3,(H,38,39)/t27-/m1/s1. The smallest absolute Gasteiger partial charge is 0.335 e. The molecule has 0 bridgehead atoms. The first-order valence-electron chi connectivity index (χ1n) is 15.9. The molecular formula is C34H47N3O4. The Kier molecular flexibility index (Phi) is 8.84. The Morgan fingerprint density at radius 2 is 1.85 bits per heavy atom. The summed E-state index contributed by atoms with van der Waals surface area (Å²) in [6.45, 7) is 9.56. The van der Waals surface area contributed by atoms with Gasteiger partial charge in [-0.15, -0.1) is 0 Å². The van der Waals surface area contributed by atoms with Gasteiger partial charge < -0.3 is 24.0 Å². The lowest BCUT2D eigenvalue weighted by Gasteiger charge is -2.35. The molecule has 7 heteroatoms. The van der Waals surface area contributed by atoms with Crippen LogP contribution in [0.15, 0.2) is 35.5 Å². The van der Waals surface area contributed by atoms with Crippen LogP contribution >= 0.6 is 0 Å². The monoisotopic (exact) mass is 561 g/mol. The molecule has 2 fully saturated rings. The lowest BCUT2D eigenvalue weighted by atomic mass is 9.80. The minimum absolute atomic E-state index is 0.295. The maximum absolute atomic E-state index is 12.0. The highest BCUT2D eigenvalue weighted by Gasteiger charge is 2.33. The Bertz CT molecular complexity index is 1320. The second-order valence-electron chi connectivity index (χ2n) is 12.6. The van der Waals surface area contributed by atoms with Crippen molar-refractivity contribution < 1.29 is 19.4 Å². The van der Waals surface area contributed by atoms with Gasteiger partial charge in [0.15, 0.2) is 0 Å². The van der Waals surface area contributed by atoms with Gasteiger partial charge >= 0.3 is 5.97 Å². The van der Waals surface area contributed by atoms with Crippen molar-refractivity contribution in [3.05, 3.63) is 52.4 Å². The fourth-order valence-electron chi connectivity index (χ4n) is 7.72. The lowest BCUT2D eigenvalue weighted by molar-refractivity contribution is -0.0216. The quantitative estimate of drug-likeness (QED) is 0.364. The van der Waals surface area contributed by atoms with Crippen LogP contribution < -0.4 is 0 Å². The van der Waals surface area contributed by atoms with Gasteiger partial charge in [0.1, 0.15) is 0 Å².